The van der Waals surface area contributed by atoms with Gasteiger partial charge in [-0.05, 0) is 0 Å². The summed E-state index contributed by atoms with van der Waals surface area (Å²) < 4.78 is 1.28. The molecule has 5 heteroatoms. The van der Waals surface area contributed by atoms with E-state index in [2.05, 4.69) is 11.7 Å². The molecule has 0 atom stereocenters. The second-order valence-electron chi connectivity index (χ2n) is 1.62. The van der Waals surface area contributed by atoms with Gasteiger partial charge in [-0.15, -0.1) is 0 Å². The first-order valence-electron chi connectivity index (χ1n) is 2.55. The summed E-state index contributed by atoms with van der Waals surface area (Å²) in [7, 11) is 0. The van der Waals surface area contributed by atoms with E-state index in [0.717, 1.165) is 0 Å². The van der Waals surface area contributed by atoms with Crippen LogP contribution in [-0.2, 0) is 0 Å². The van der Waals surface area contributed by atoms with Crippen LogP contribution in [0.5, 0.6) is 0 Å². The largest absolute Gasteiger partial charge is 0.307 e. The van der Waals surface area contributed by atoms with Crippen LogP contribution in [0.15, 0.2) is 19.0 Å². The Hall–Kier alpha value is -1.65. The standard InChI is InChI=1S/C5H5N3O2/c1-2-7-4-5(3-6-7)8(9)10/h2-4H,1H2. The average molecular weight is 139 g/mol. The van der Waals surface area contributed by atoms with E-state index in [1.165, 1.54) is 23.3 Å². The first-order valence-corrected chi connectivity index (χ1v) is 2.55. The van der Waals surface area contributed by atoms with Gasteiger partial charge in [0.1, 0.15) is 12.4 Å². The average Bonchev–Trinajstić information content (AvgIpc) is 2.34. The maximum Gasteiger partial charge on any atom is 0.307 e. The van der Waals surface area contributed by atoms with E-state index in [4.69, 9.17) is 0 Å². The van der Waals surface area contributed by atoms with Gasteiger partial charge in [-0.1, -0.05) is 6.58 Å². The third-order valence-corrected chi connectivity index (χ3v) is 0.986. The number of aromatic nitrogens is 2. The molecule has 0 spiro atoms. The zero-order chi connectivity index (χ0) is 7.56. The number of hydrogen-bond acceptors (Lipinski definition) is 3. The van der Waals surface area contributed by atoms with Crippen molar-refractivity contribution in [3.8, 4) is 0 Å². The van der Waals surface area contributed by atoms with Crippen LogP contribution >= 0.6 is 0 Å². The predicted octanol–water partition coefficient (Wildman–Crippen LogP) is 0.892. The molecule has 5 nitrogen and oxygen atoms in total. The van der Waals surface area contributed by atoms with Crippen molar-refractivity contribution >= 4 is 11.9 Å². The molecule has 0 saturated heterocycles. The number of nitrogens with zero attached hydrogens (tertiary/aromatic N) is 3. The quantitative estimate of drug-likeness (QED) is 0.451. The fraction of sp³-hybridized carbons (Fsp3) is 0. The van der Waals surface area contributed by atoms with Crippen molar-refractivity contribution in [1.29, 1.82) is 0 Å². The van der Waals surface area contributed by atoms with Gasteiger partial charge >= 0.3 is 5.69 Å². The van der Waals surface area contributed by atoms with E-state index in [0.29, 0.717) is 0 Å². The van der Waals surface area contributed by atoms with Gasteiger partial charge in [0.2, 0.25) is 0 Å². The van der Waals surface area contributed by atoms with Crippen LogP contribution < -0.4 is 0 Å². The van der Waals surface area contributed by atoms with Gasteiger partial charge in [-0.25, -0.2) is 4.68 Å². The molecule has 0 fully saturated rings. The summed E-state index contributed by atoms with van der Waals surface area (Å²) in [5.74, 6) is 0. The van der Waals surface area contributed by atoms with E-state index in [9.17, 15) is 10.1 Å². The van der Waals surface area contributed by atoms with Gasteiger partial charge in [0.15, 0.2) is 0 Å². The van der Waals surface area contributed by atoms with Crippen LogP contribution in [0.25, 0.3) is 6.20 Å². The Morgan fingerprint density at radius 3 is 2.90 bits per heavy atom. The summed E-state index contributed by atoms with van der Waals surface area (Å²) in [6, 6.07) is 0. The minimum Gasteiger partial charge on any atom is -0.258 e. The predicted molar refractivity (Wildman–Crippen MR) is 35.3 cm³/mol. The highest BCUT2D eigenvalue weighted by Crippen LogP contribution is 2.06. The molecule has 0 aromatic carbocycles. The van der Waals surface area contributed by atoms with Gasteiger partial charge < -0.3 is 0 Å². The Kier molecular flexibility index (Phi) is 1.49. The molecule has 1 rings (SSSR count). The zero-order valence-corrected chi connectivity index (χ0v) is 5.10. The highest BCUT2D eigenvalue weighted by molar-refractivity contribution is 5.26. The minimum absolute atomic E-state index is 0.0279. The lowest BCUT2D eigenvalue weighted by Gasteiger charge is -1.81. The molecule has 1 aromatic rings. The molecule has 0 saturated carbocycles. The van der Waals surface area contributed by atoms with Gasteiger partial charge in [-0.3, -0.25) is 10.1 Å². The van der Waals surface area contributed by atoms with E-state index >= 15 is 0 Å². The Bertz CT molecular complexity index is 266. The fourth-order valence-electron chi connectivity index (χ4n) is 0.522. The maximum atomic E-state index is 10.0. The summed E-state index contributed by atoms with van der Waals surface area (Å²) in [6.45, 7) is 3.38. The smallest absolute Gasteiger partial charge is 0.258 e. The Morgan fingerprint density at radius 1 is 1.90 bits per heavy atom. The van der Waals surface area contributed by atoms with Crippen molar-refractivity contribution in [2.45, 2.75) is 0 Å². The summed E-state index contributed by atoms with van der Waals surface area (Å²) >= 11 is 0. The van der Waals surface area contributed by atoms with Crippen LogP contribution in [0.3, 0.4) is 0 Å². The molecular weight excluding hydrogens is 134 g/mol. The monoisotopic (exact) mass is 139 g/mol. The summed E-state index contributed by atoms with van der Waals surface area (Å²) in [5.41, 5.74) is -0.0279. The van der Waals surface area contributed by atoms with Crippen LogP contribution in [0.1, 0.15) is 0 Å². The highest BCUT2D eigenvalue weighted by atomic mass is 16.6. The van der Waals surface area contributed by atoms with Crippen molar-refractivity contribution in [3.05, 3.63) is 29.1 Å². The van der Waals surface area contributed by atoms with Crippen molar-refractivity contribution < 1.29 is 4.92 Å². The molecule has 0 aliphatic carbocycles. The molecule has 1 heterocycles. The van der Waals surface area contributed by atoms with Crippen LogP contribution in [0.4, 0.5) is 5.69 Å². The number of rotatable bonds is 2. The van der Waals surface area contributed by atoms with E-state index < -0.39 is 4.92 Å². The lowest BCUT2D eigenvalue weighted by Crippen LogP contribution is -1.84. The van der Waals surface area contributed by atoms with E-state index in [-0.39, 0.29) is 5.69 Å². The lowest BCUT2D eigenvalue weighted by molar-refractivity contribution is -0.384. The summed E-state index contributed by atoms with van der Waals surface area (Å²) in [4.78, 5) is 9.54. The Labute approximate surface area is 56.7 Å². The summed E-state index contributed by atoms with van der Waals surface area (Å²) in [5, 5.41) is 13.7. The van der Waals surface area contributed by atoms with Crippen molar-refractivity contribution in [3.63, 3.8) is 0 Å². The molecule has 0 aliphatic heterocycles. The zero-order valence-electron chi connectivity index (χ0n) is 5.10. The molecule has 0 bridgehead atoms. The molecule has 0 aliphatic rings. The van der Waals surface area contributed by atoms with Crippen LogP contribution in [-0.4, -0.2) is 14.7 Å². The van der Waals surface area contributed by atoms with Crippen molar-refractivity contribution in [1.82, 2.24) is 9.78 Å². The molecule has 0 unspecified atom stereocenters. The Morgan fingerprint density at radius 2 is 2.60 bits per heavy atom. The second-order valence-corrected chi connectivity index (χ2v) is 1.62. The number of hydrogen-bond donors (Lipinski definition) is 0. The lowest BCUT2D eigenvalue weighted by atomic mass is 10.6. The molecule has 0 radical (unpaired) electrons. The molecule has 1 aromatic heterocycles. The minimum atomic E-state index is -0.507. The van der Waals surface area contributed by atoms with Crippen molar-refractivity contribution in [2.75, 3.05) is 0 Å². The second kappa shape index (κ2) is 2.30. The number of nitro groups is 1. The highest BCUT2D eigenvalue weighted by Gasteiger charge is 2.05. The maximum absolute atomic E-state index is 10.0. The summed E-state index contributed by atoms with van der Waals surface area (Å²) in [6.07, 6.45) is 3.84. The molecular formula is C5H5N3O2. The first kappa shape index (κ1) is 6.47. The Balaban J connectivity index is 2.98. The third-order valence-electron chi connectivity index (χ3n) is 0.986. The first-order chi connectivity index (χ1) is 4.74. The molecule has 52 valence electrons. The van der Waals surface area contributed by atoms with Gasteiger partial charge in [0.25, 0.3) is 0 Å². The SMILES string of the molecule is C=Cn1cc([N+](=O)[O-])cn1. The van der Waals surface area contributed by atoms with Crippen LogP contribution in [0, 0.1) is 10.1 Å². The normalized spacial score (nSPS) is 9.20. The molecule has 10 heavy (non-hydrogen) atoms. The topological polar surface area (TPSA) is 61.0 Å². The van der Waals surface area contributed by atoms with Crippen LogP contribution in [0.2, 0.25) is 0 Å². The fourth-order valence-corrected chi connectivity index (χ4v) is 0.522. The van der Waals surface area contributed by atoms with Gasteiger partial charge in [0.05, 0.1) is 4.92 Å². The van der Waals surface area contributed by atoms with Gasteiger partial charge in [-0.2, -0.15) is 5.10 Å². The van der Waals surface area contributed by atoms with Crippen molar-refractivity contribution in [2.24, 2.45) is 0 Å². The third kappa shape index (κ3) is 1.02. The van der Waals surface area contributed by atoms with Gasteiger partial charge in [0, 0.05) is 6.20 Å². The molecule has 0 amide bonds. The molecule has 0 N–H and O–H groups in total. The van der Waals surface area contributed by atoms with E-state index in [1.807, 2.05) is 0 Å². The van der Waals surface area contributed by atoms with E-state index in [1.54, 1.807) is 0 Å².